The Morgan fingerprint density at radius 1 is 1.13 bits per heavy atom. The summed E-state index contributed by atoms with van der Waals surface area (Å²) < 4.78 is 29.0. The van der Waals surface area contributed by atoms with Crippen LogP contribution in [0.25, 0.3) is 5.57 Å². The molecule has 130 valence electrons. The van der Waals surface area contributed by atoms with Crippen LogP contribution in [0.15, 0.2) is 12.6 Å². The zero-order valence-electron chi connectivity index (χ0n) is 15.4. The van der Waals surface area contributed by atoms with Crippen molar-refractivity contribution in [3.05, 3.63) is 41.0 Å². The Balaban J connectivity index is 0.00000127. The molecule has 0 nitrogen and oxygen atoms in total. The molecule has 0 aromatic heterocycles. The molecule has 23 heavy (non-hydrogen) atoms. The summed E-state index contributed by atoms with van der Waals surface area (Å²) in [7, 11) is 0. The van der Waals surface area contributed by atoms with Gasteiger partial charge in [0.1, 0.15) is 0 Å². The summed E-state index contributed by atoms with van der Waals surface area (Å²) in [4.78, 5) is 0. The molecule has 1 aliphatic carbocycles. The summed E-state index contributed by atoms with van der Waals surface area (Å²) in [5.74, 6) is -0.459. The molecule has 1 aromatic carbocycles. The van der Waals surface area contributed by atoms with Gasteiger partial charge in [0, 0.05) is 5.56 Å². The van der Waals surface area contributed by atoms with E-state index in [0.717, 1.165) is 44.1 Å². The Hall–Kier alpha value is -1.18. The van der Waals surface area contributed by atoms with Crippen LogP contribution in [0.2, 0.25) is 0 Å². The number of allylic oxidation sites excluding steroid dienone is 1. The van der Waals surface area contributed by atoms with Crippen molar-refractivity contribution in [1.82, 2.24) is 0 Å². The molecule has 0 radical (unpaired) electrons. The normalized spacial score (nSPS) is 20.7. The second-order valence-electron chi connectivity index (χ2n) is 6.62. The standard InChI is InChI=1S/C19H26F2.C2H6/c1-5-6-15-11-16(14-9-7-13(4)8-10-14)18(20)19(21)17(15)12(2)3;1-2/h11,13-14H,2,5-10H2,1,3-4H3;1-2H3. The summed E-state index contributed by atoms with van der Waals surface area (Å²) in [5, 5.41) is 0. The minimum absolute atomic E-state index is 0.172. The first-order chi connectivity index (χ1) is 11.0. The molecule has 0 amide bonds. The fraction of sp³-hybridized carbons (Fsp3) is 0.619. The molecule has 1 fully saturated rings. The van der Waals surface area contributed by atoms with E-state index in [-0.39, 0.29) is 5.92 Å². The predicted molar refractivity (Wildman–Crippen MR) is 96.8 cm³/mol. The number of hydrogen-bond donors (Lipinski definition) is 0. The molecule has 0 bridgehead atoms. The lowest BCUT2D eigenvalue weighted by Gasteiger charge is -2.28. The predicted octanol–water partition coefficient (Wildman–Crippen LogP) is 7.27. The third-order valence-corrected chi connectivity index (χ3v) is 4.72. The molecular weight excluding hydrogens is 290 g/mol. The van der Waals surface area contributed by atoms with Crippen molar-refractivity contribution in [3.63, 3.8) is 0 Å². The van der Waals surface area contributed by atoms with Gasteiger partial charge in [0.05, 0.1) is 0 Å². The summed E-state index contributed by atoms with van der Waals surface area (Å²) in [6.07, 6.45) is 5.85. The monoisotopic (exact) mass is 322 g/mol. The topological polar surface area (TPSA) is 0 Å². The number of rotatable bonds is 4. The highest BCUT2D eigenvalue weighted by molar-refractivity contribution is 5.66. The Morgan fingerprint density at radius 2 is 1.70 bits per heavy atom. The van der Waals surface area contributed by atoms with Gasteiger partial charge in [0.2, 0.25) is 0 Å². The van der Waals surface area contributed by atoms with E-state index in [9.17, 15) is 8.78 Å². The highest BCUT2D eigenvalue weighted by atomic mass is 19.2. The van der Waals surface area contributed by atoms with Crippen LogP contribution in [-0.4, -0.2) is 0 Å². The highest BCUT2D eigenvalue weighted by Crippen LogP contribution is 2.39. The Labute approximate surface area is 141 Å². The largest absolute Gasteiger partial charge is 0.203 e. The summed E-state index contributed by atoms with van der Waals surface area (Å²) in [6, 6.07) is 1.91. The molecule has 0 N–H and O–H groups in total. The maximum Gasteiger partial charge on any atom is 0.166 e. The van der Waals surface area contributed by atoms with E-state index in [1.807, 2.05) is 19.9 Å². The Kier molecular flexibility index (Phi) is 7.94. The number of benzene rings is 1. The van der Waals surface area contributed by atoms with E-state index in [2.05, 4.69) is 20.4 Å². The van der Waals surface area contributed by atoms with Crippen molar-refractivity contribution in [3.8, 4) is 0 Å². The third kappa shape index (κ3) is 4.65. The van der Waals surface area contributed by atoms with E-state index in [1.165, 1.54) is 0 Å². The molecule has 0 atom stereocenters. The second-order valence-corrected chi connectivity index (χ2v) is 6.62. The van der Waals surface area contributed by atoms with E-state index in [4.69, 9.17) is 0 Å². The zero-order chi connectivity index (χ0) is 17.6. The van der Waals surface area contributed by atoms with Crippen molar-refractivity contribution in [2.24, 2.45) is 5.92 Å². The average Bonchev–Trinajstić information content (AvgIpc) is 2.53. The third-order valence-electron chi connectivity index (χ3n) is 4.72. The van der Waals surface area contributed by atoms with E-state index < -0.39 is 11.6 Å². The van der Waals surface area contributed by atoms with Crippen LogP contribution >= 0.6 is 0 Å². The van der Waals surface area contributed by atoms with Gasteiger partial charge < -0.3 is 0 Å². The van der Waals surface area contributed by atoms with E-state index >= 15 is 0 Å². The van der Waals surface area contributed by atoms with Crippen molar-refractivity contribution < 1.29 is 8.78 Å². The molecule has 1 aromatic rings. The Morgan fingerprint density at radius 3 is 2.17 bits per heavy atom. The minimum Gasteiger partial charge on any atom is -0.203 e. The summed E-state index contributed by atoms with van der Waals surface area (Å²) >= 11 is 0. The molecule has 1 saturated carbocycles. The summed E-state index contributed by atoms with van der Waals surface area (Å²) in [6.45, 7) is 13.9. The molecular formula is C21H32F2. The van der Waals surface area contributed by atoms with Gasteiger partial charge in [-0.25, -0.2) is 8.78 Å². The molecule has 0 unspecified atom stereocenters. The Bertz CT molecular complexity index is 523. The van der Waals surface area contributed by atoms with Crippen LogP contribution in [0.1, 0.15) is 89.3 Å². The van der Waals surface area contributed by atoms with Crippen molar-refractivity contribution in [1.29, 1.82) is 0 Å². The van der Waals surface area contributed by atoms with Gasteiger partial charge in [-0.15, -0.1) is 0 Å². The van der Waals surface area contributed by atoms with Gasteiger partial charge in [-0.1, -0.05) is 59.6 Å². The lowest BCUT2D eigenvalue weighted by molar-refractivity contribution is 0.339. The van der Waals surface area contributed by atoms with Gasteiger partial charge in [0.15, 0.2) is 11.6 Å². The molecule has 0 heterocycles. The first-order valence-corrected chi connectivity index (χ1v) is 9.12. The van der Waals surface area contributed by atoms with Crippen LogP contribution in [0.4, 0.5) is 8.78 Å². The molecule has 0 aliphatic heterocycles. The lowest BCUT2D eigenvalue weighted by atomic mass is 9.78. The van der Waals surface area contributed by atoms with Gasteiger partial charge in [-0.3, -0.25) is 0 Å². The number of halogens is 2. The molecule has 2 heteroatoms. The zero-order valence-corrected chi connectivity index (χ0v) is 15.4. The first-order valence-electron chi connectivity index (χ1n) is 9.12. The van der Waals surface area contributed by atoms with Crippen LogP contribution in [0, 0.1) is 17.6 Å². The molecule has 0 spiro atoms. The second kappa shape index (κ2) is 9.20. The van der Waals surface area contributed by atoms with Gasteiger partial charge in [-0.2, -0.15) is 0 Å². The smallest absolute Gasteiger partial charge is 0.166 e. The van der Waals surface area contributed by atoms with Crippen molar-refractivity contribution >= 4 is 5.57 Å². The van der Waals surface area contributed by atoms with Gasteiger partial charge in [0.25, 0.3) is 0 Å². The molecule has 0 saturated heterocycles. The van der Waals surface area contributed by atoms with E-state index in [1.54, 1.807) is 6.92 Å². The number of aryl methyl sites for hydroxylation is 1. The fourth-order valence-electron chi connectivity index (χ4n) is 3.50. The van der Waals surface area contributed by atoms with E-state index in [0.29, 0.717) is 22.6 Å². The van der Waals surface area contributed by atoms with Crippen LogP contribution in [0.3, 0.4) is 0 Å². The van der Waals surface area contributed by atoms with Gasteiger partial charge >= 0.3 is 0 Å². The van der Waals surface area contributed by atoms with Crippen LogP contribution in [0.5, 0.6) is 0 Å². The lowest BCUT2D eigenvalue weighted by Crippen LogP contribution is -2.14. The SMILES string of the molecule is C=C(C)c1c(CCC)cc(C2CCC(C)CC2)c(F)c1F.CC. The highest BCUT2D eigenvalue weighted by Gasteiger charge is 2.26. The average molecular weight is 322 g/mol. The molecule has 2 rings (SSSR count). The molecule has 1 aliphatic rings. The van der Waals surface area contributed by atoms with Crippen LogP contribution < -0.4 is 0 Å². The maximum atomic E-state index is 14.5. The van der Waals surface area contributed by atoms with Crippen LogP contribution in [-0.2, 0) is 6.42 Å². The van der Waals surface area contributed by atoms with Crippen molar-refractivity contribution in [2.75, 3.05) is 0 Å². The maximum absolute atomic E-state index is 14.5. The summed E-state index contributed by atoms with van der Waals surface area (Å²) in [5.41, 5.74) is 2.51. The van der Waals surface area contributed by atoms with Crippen molar-refractivity contribution in [2.45, 2.75) is 79.1 Å². The minimum atomic E-state index is -0.693. The van der Waals surface area contributed by atoms with Gasteiger partial charge in [-0.05, 0) is 54.7 Å². The quantitative estimate of drug-likeness (QED) is 0.546. The first kappa shape index (κ1) is 19.9. The number of hydrogen-bond acceptors (Lipinski definition) is 0. The fourth-order valence-corrected chi connectivity index (χ4v) is 3.50.